The quantitative estimate of drug-likeness (QED) is 0.210. The van der Waals surface area contributed by atoms with Crippen molar-refractivity contribution < 1.29 is 46.6 Å². The van der Waals surface area contributed by atoms with Crippen LogP contribution in [0.15, 0.2) is 34.5 Å². The van der Waals surface area contributed by atoms with Gasteiger partial charge in [0.25, 0.3) is 5.91 Å². The summed E-state index contributed by atoms with van der Waals surface area (Å²) in [5.41, 5.74) is -3.41. The molecule has 1 atom stereocenters. The lowest BCUT2D eigenvalue weighted by Crippen LogP contribution is -2.47. The minimum absolute atomic E-state index is 0.0113. The zero-order valence-electron chi connectivity index (χ0n) is 23.4. The molecule has 0 unspecified atom stereocenters. The maximum Gasteiger partial charge on any atom is 0.442 e. The van der Waals surface area contributed by atoms with Crippen LogP contribution in [0.2, 0.25) is 0 Å². The van der Waals surface area contributed by atoms with Crippen LogP contribution in [0.25, 0.3) is 0 Å². The van der Waals surface area contributed by atoms with Crippen molar-refractivity contribution in [3.63, 3.8) is 0 Å². The van der Waals surface area contributed by atoms with Crippen LogP contribution < -0.4 is 16.0 Å². The highest BCUT2D eigenvalue weighted by Gasteiger charge is 2.65. The van der Waals surface area contributed by atoms with Crippen molar-refractivity contribution in [2.24, 2.45) is 10.2 Å². The number of methoxy groups -OCH3 is 1. The van der Waals surface area contributed by atoms with Crippen LogP contribution in [0.1, 0.15) is 62.4 Å². The lowest BCUT2D eigenvalue weighted by Gasteiger charge is -2.19. The van der Waals surface area contributed by atoms with Crippen molar-refractivity contribution >= 4 is 23.9 Å². The molecule has 2 rings (SSSR count). The number of nitrogens with zero attached hydrogens (tertiary/aromatic N) is 2. The molecule has 1 aromatic carbocycles. The molecule has 0 aromatic heterocycles. The van der Waals surface area contributed by atoms with E-state index < -0.39 is 47.4 Å². The van der Waals surface area contributed by atoms with Gasteiger partial charge in [-0.05, 0) is 52.2 Å². The van der Waals surface area contributed by atoms with Crippen molar-refractivity contribution in [1.82, 2.24) is 16.0 Å². The van der Waals surface area contributed by atoms with Gasteiger partial charge in [-0.15, -0.1) is 10.2 Å². The zero-order chi connectivity index (χ0) is 30.7. The third-order valence-electron chi connectivity index (χ3n) is 5.63. The summed E-state index contributed by atoms with van der Waals surface area (Å²) in [5.74, 6) is -1.84. The molecule has 1 aliphatic rings. The molecule has 1 aromatic rings. The molecule has 0 aliphatic carbocycles. The fraction of sp³-hybridized carbons (Fsp3) is 0.615. The fourth-order valence-corrected chi connectivity index (χ4v) is 3.46. The second kappa shape index (κ2) is 14.8. The molecule has 12 nitrogen and oxygen atoms in total. The first-order valence-corrected chi connectivity index (χ1v) is 13.0. The topological polar surface area (TPSA) is 157 Å². The van der Waals surface area contributed by atoms with Crippen LogP contribution >= 0.6 is 0 Å². The number of ether oxygens (including phenoxy) is 3. The summed E-state index contributed by atoms with van der Waals surface area (Å²) in [7, 11) is 1.19. The van der Waals surface area contributed by atoms with E-state index in [2.05, 4.69) is 30.9 Å². The van der Waals surface area contributed by atoms with Crippen molar-refractivity contribution in [3.05, 3.63) is 35.4 Å². The largest absolute Gasteiger partial charge is 0.469 e. The van der Waals surface area contributed by atoms with Crippen LogP contribution in [0.5, 0.6) is 0 Å². The van der Waals surface area contributed by atoms with Gasteiger partial charge in [-0.2, -0.15) is 13.2 Å². The van der Waals surface area contributed by atoms with Gasteiger partial charge in [0.2, 0.25) is 5.91 Å². The number of hydrogen-bond donors (Lipinski definition) is 3. The Balaban J connectivity index is 1.78. The molecular formula is C26H36F3N5O7. The van der Waals surface area contributed by atoms with Gasteiger partial charge in [-0.1, -0.05) is 12.1 Å². The summed E-state index contributed by atoms with van der Waals surface area (Å²) in [6.45, 7) is 6.61. The standard InChI is InChI=1S/C26H36F3N5O7/c1-24(2,3)41-23(38)31-14-6-16-40-15-5-13-30-22(37)19(11-12-20(35)39-4)32-21(36)17-7-9-18(10-8-17)25(33-34-25)26(27,28)29/h7-10,19H,5-6,11-16H2,1-4H3,(H,30,37)(H,31,38)(H,32,36)/t19-/m0/s1. The minimum Gasteiger partial charge on any atom is -0.469 e. The summed E-state index contributed by atoms with van der Waals surface area (Å²) in [6.07, 6.45) is -4.39. The molecule has 1 heterocycles. The Morgan fingerprint density at radius 1 is 0.951 bits per heavy atom. The van der Waals surface area contributed by atoms with Crippen LogP contribution in [0, 0.1) is 0 Å². The highest BCUT2D eigenvalue weighted by molar-refractivity contribution is 5.97. The van der Waals surface area contributed by atoms with Gasteiger partial charge in [0.05, 0.1) is 7.11 Å². The van der Waals surface area contributed by atoms with Crippen LogP contribution in [-0.2, 0) is 29.5 Å². The number of alkyl halides is 3. The number of nitrogens with one attached hydrogen (secondary N) is 3. The number of hydrogen-bond acceptors (Lipinski definition) is 9. The number of alkyl carbamates (subject to hydrolysis) is 1. The van der Waals surface area contributed by atoms with E-state index in [1.807, 2.05) is 0 Å². The third-order valence-corrected chi connectivity index (χ3v) is 5.63. The number of esters is 1. The Hall–Kier alpha value is -3.75. The average Bonchev–Trinajstić information content (AvgIpc) is 3.71. The Morgan fingerprint density at radius 2 is 1.54 bits per heavy atom. The Bertz CT molecular complexity index is 1080. The normalized spacial score (nSPS) is 14.5. The molecule has 1 aliphatic heterocycles. The maximum absolute atomic E-state index is 13.2. The molecule has 0 saturated carbocycles. The van der Waals surface area contributed by atoms with Crippen molar-refractivity contribution in [1.29, 1.82) is 0 Å². The van der Waals surface area contributed by atoms with E-state index in [4.69, 9.17) is 9.47 Å². The molecule has 0 fully saturated rings. The molecule has 3 amide bonds. The molecule has 15 heteroatoms. The van der Waals surface area contributed by atoms with Crippen LogP contribution in [0.4, 0.5) is 18.0 Å². The van der Waals surface area contributed by atoms with Crippen molar-refractivity contribution in [3.8, 4) is 0 Å². The number of carbonyl (C=O) groups is 4. The predicted octanol–water partition coefficient (Wildman–Crippen LogP) is 3.36. The SMILES string of the molecule is COC(=O)CC[C@H](NC(=O)c1ccc(C2(C(F)(F)F)N=N2)cc1)C(=O)NCCCOCCCNC(=O)OC(C)(C)C. The zero-order valence-corrected chi connectivity index (χ0v) is 23.4. The number of amides is 3. The first-order chi connectivity index (χ1) is 19.2. The van der Waals surface area contributed by atoms with Gasteiger partial charge in [0.15, 0.2) is 0 Å². The second-order valence-electron chi connectivity index (χ2n) is 10.1. The summed E-state index contributed by atoms with van der Waals surface area (Å²) in [6, 6.07) is 3.45. The molecule has 0 saturated heterocycles. The van der Waals surface area contributed by atoms with Gasteiger partial charge >= 0.3 is 23.9 Å². The second-order valence-corrected chi connectivity index (χ2v) is 10.1. The van der Waals surface area contributed by atoms with Crippen molar-refractivity contribution in [2.45, 2.75) is 69.9 Å². The van der Waals surface area contributed by atoms with E-state index in [0.29, 0.717) is 32.6 Å². The average molecular weight is 588 g/mol. The van der Waals surface area contributed by atoms with E-state index in [1.165, 1.54) is 19.2 Å². The molecule has 0 spiro atoms. The predicted molar refractivity (Wildman–Crippen MR) is 139 cm³/mol. The van der Waals surface area contributed by atoms with E-state index >= 15 is 0 Å². The monoisotopic (exact) mass is 587 g/mol. The molecule has 228 valence electrons. The van der Waals surface area contributed by atoms with Gasteiger partial charge < -0.3 is 30.2 Å². The van der Waals surface area contributed by atoms with Gasteiger partial charge in [-0.3, -0.25) is 14.4 Å². The molecule has 41 heavy (non-hydrogen) atoms. The van der Waals surface area contributed by atoms with Gasteiger partial charge in [-0.25, -0.2) is 4.79 Å². The van der Waals surface area contributed by atoms with Crippen molar-refractivity contribution in [2.75, 3.05) is 33.4 Å². The smallest absolute Gasteiger partial charge is 0.442 e. The van der Waals surface area contributed by atoms with Crippen LogP contribution in [-0.4, -0.2) is 75.1 Å². The summed E-state index contributed by atoms with van der Waals surface area (Å²) < 4.78 is 54.8. The van der Waals surface area contributed by atoms with Gasteiger partial charge in [0, 0.05) is 43.9 Å². The van der Waals surface area contributed by atoms with E-state index in [1.54, 1.807) is 20.8 Å². The fourth-order valence-electron chi connectivity index (χ4n) is 3.46. The maximum atomic E-state index is 13.2. The summed E-state index contributed by atoms with van der Waals surface area (Å²) in [5, 5.41) is 14.0. The summed E-state index contributed by atoms with van der Waals surface area (Å²) in [4.78, 5) is 48.6. The Labute approximate surface area is 235 Å². The Kier molecular flexibility index (Phi) is 12.0. The molecule has 0 bridgehead atoms. The van der Waals surface area contributed by atoms with E-state index in [9.17, 15) is 32.3 Å². The molecule has 3 N–H and O–H groups in total. The van der Waals surface area contributed by atoms with E-state index in [0.717, 1.165) is 12.1 Å². The lowest BCUT2D eigenvalue weighted by atomic mass is 10.0. The first-order valence-electron chi connectivity index (χ1n) is 13.0. The lowest BCUT2D eigenvalue weighted by molar-refractivity contribution is -0.166. The van der Waals surface area contributed by atoms with Crippen LogP contribution in [0.3, 0.4) is 0 Å². The van der Waals surface area contributed by atoms with E-state index in [-0.39, 0.29) is 30.5 Å². The number of carbonyl (C=O) groups excluding carboxylic acids is 4. The minimum atomic E-state index is -4.70. The highest BCUT2D eigenvalue weighted by atomic mass is 19.4. The highest BCUT2D eigenvalue weighted by Crippen LogP contribution is 2.52. The number of rotatable bonds is 15. The number of halogens is 3. The summed E-state index contributed by atoms with van der Waals surface area (Å²) >= 11 is 0. The third kappa shape index (κ3) is 11.0. The number of benzene rings is 1. The Morgan fingerprint density at radius 3 is 2.05 bits per heavy atom. The van der Waals surface area contributed by atoms with Gasteiger partial charge in [0.1, 0.15) is 11.6 Å². The first kappa shape index (κ1) is 33.5. The molecule has 0 radical (unpaired) electrons. The molecular weight excluding hydrogens is 551 g/mol.